The molecule has 0 fully saturated rings. The maximum atomic E-state index is 13.4. The molecule has 6 heteroatoms. The van der Waals surface area contributed by atoms with Crippen molar-refractivity contribution in [2.45, 2.75) is 51.7 Å². The highest BCUT2D eigenvalue weighted by molar-refractivity contribution is 5.66. The van der Waals surface area contributed by atoms with E-state index in [2.05, 4.69) is 4.98 Å². The Morgan fingerprint density at radius 1 is 1.42 bits per heavy atom. The van der Waals surface area contributed by atoms with E-state index in [9.17, 15) is 14.3 Å². The van der Waals surface area contributed by atoms with Gasteiger partial charge in [0.2, 0.25) is 0 Å². The van der Waals surface area contributed by atoms with Gasteiger partial charge in [0.1, 0.15) is 11.6 Å². The average Bonchev–Trinajstić information content (AvgIpc) is 2.88. The molecule has 0 bridgehead atoms. The SMILES string of the molecule is CC(C)(C)N(C(=O)O)C1CCn2cc(-c3cccc(F)c3)nc2C1. The first kappa shape index (κ1) is 16.5. The van der Waals surface area contributed by atoms with E-state index in [0.717, 1.165) is 23.5 Å². The second-order valence-electron chi connectivity index (χ2n) is 7.22. The predicted octanol–water partition coefficient (Wildman–Crippen LogP) is 3.78. The van der Waals surface area contributed by atoms with Crippen LogP contribution >= 0.6 is 0 Å². The highest BCUT2D eigenvalue weighted by atomic mass is 19.1. The molecule has 24 heavy (non-hydrogen) atoms. The summed E-state index contributed by atoms with van der Waals surface area (Å²) in [4.78, 5) is 17.8. The van der Waals surface area contributed by atoms with E-state index in [4.69, 9.17) is 0 Å². The van der Waals surface area contributed by atoms with Gasteiger partial charge in [-0.2, -0.15) is 0 Å². The molecule has 0 saturated carbocycles. The first-order valence-electron chi connectivity index (χ1n) is 8.10. The molecule has 0 saturated heterocycles. The van der Waals surface area contributed by atoms with Gasteiger partial charge in [-0.1, -0.05) is 12.1 Å². The summed E-state index contributed by atoms with van der Waals surface area (Å²) in [5, 5.41) is 9.58. The van der Waals surface area contributed by atoms with Crippen molar-refractivity contribution in [2.24, 2.45) is 0 Å². The normalized spacial score (nSPS) is 17.4. The van der Waals surface area contributed by atoms with Crippen molar-refractivity contribution in [3.63, 3.8) is 0 Å². The van der Waals surface area contributed by atoms with E-state index in [1.165, 1.54) is 17.0 Å². The fraction of sp³-hybridized carbons (Fsp3) is 0.444. The second kappa shape index (κ2) is 5.92. The molecule has 1 aromatic carbocycles. The third-order valence-electron chi connectivity index (χ3n) is 4.39. The number of carbonyl (C=O) groups is 1. The van der Waals surface area contributed by atoms with Gasteiger partial charge in [-0.25, -0.2) is 14.2 Å². The van der Waals surface area contributed by atoms with Crippen LogP contribution in [-0.4, -0.2) is 37.2 Å². The van der Waals surface area contributed by atoms with Crippen LogP contribution in [0.5, 0.6) is 0 Å². The van der Waals surface area contributed by atoms with Gasteiger partial charge < -0.3 is 14.6 Å². The number of rotatable bonds is 2. The number of aromatic nitrogens is 2. The first-order chi connectivity index (χ1) is 11.3. The highest BCUT2D eigenvalue weighted by Crippen LogP contribution is 2.28. The molecule has 2 aromatic rings. The summed E-state index contributed by atoms with van der Waals surface area (Å²) in [5.74, 6) is 0.558. The first-order valence-corrected chi connectivity index (χ1v) is 8.10. The minimum atomic E-state index is -0.905. The Kier molecular flexibility index (Phi) is 4.07. The van der Waals surface area contributed by atoms with Crippen LogP contribution in [0.15, 0.2) is 30.5 Å². The Balaban J connectivity index is 1.88. The summed E-state index contributed by atoms with van der Waals surface area (Å²) in [7, 11) is 0. The molecule has 1 unspecified atom stereocenters. The lowest BCUT2D eigenvalue weighted by Crippen LogP contribution is -2.53. The van der Waals surface area contributed by atoms with E-state index in [0.29, 0.717) is 13.0 Å². The van der Waals surface area contributed by atoms with Gasteiger partial charge in [-0.3, -0.25) is 0 Å². The molecule has 1 aromatic heterocycles. The molecule has 1 N–H and O–H groups in total. The lowest BCUT2D eigenvalue weighted by molar-refractivity contribution is 0.0608. The fourth-order valence-corrected chi connectivity index (χ4v) is 3.41. The maximum absolute atomic E-state index is 13.4. The molecule has 1 atom stereocenters. The average molecular weight is 331 g/mol. The number of amides is 1. The van der Waals surface area contributed by atoms with Crippen LogP contribution in [0.2, 0.25) is 0 Å². The number of nitrogens with zero attached hydrogens (tertiary/aromatic N) is 3. The van der Waals surface area contributed by atoms with Crippen molar-refractivity contribution < 1.29 is 14.3 Å². The zero-order valence-electron chi connectivity index (χ0n) is 14.2. The van der Waals surface area contributed by atoms with Gasteiger partial charge in [0.05, 0.1) is 5.69 Å². The molecule has 3 rings (SSSR count). The minimum absolute atomic E-state index is 0.0993. The number of hydrogen-bond donors (Lipinski definition) is 1. The van der Waals surface area contributed by atoms with Gasteiger partial charge in [0.15, 0.2) is 0 Å². The Morgan fingerprint density at radius 3 is 2.79 bits per heavy atom. The van der Waals surface area contributed by atoms with Gasteiger partial charge in [0, 0.05) is 36.3 Å². The number of hydrogen-bond acceptors (Lipinski definition) is 2. The van der Waals surface area contributed by atoms with Crippen molar-refractivity contribution in [2.75, 3.05) is 0 Å². The van der Waals surface area contributed by atoms with Crippen LogP contribution in [-0.2, 0) is 13.0 Å². The summed E-state index contributed by atoms with van der Waals surface area (Å²) >= 11 is 0. The smallest absolute Gasteiger partial charge is 0.407 e. The molecule has 0 spiro atoms. The number of aryl methyl sites for hydroxylation is 1. The molecule has 0 radical (unpaired) electrons. The van der Waals surface area contributed by atoms with Crippen LogP contribution in [0, 0.1) is 5.82 Å². The molecule has 1 amide bonds. The number of halogens is 1. The summed E-state index contributed by atoms with van der Waals surface area (Å²) in [5.41, 5.74) is 0.999. The molecular formula is C18H22FN3O2. The second-order valence-corrected chi connectivity index (χ2v) is 7.22. The van der Waals surface area contributed by atoms with Gasteiger partial charge in [-0.05, 0) is 39.3 Å². The quantitative estimate of drug-likeness (QED) is 0.911. The lowest BCUT2D eigenvalue weighted by atomic mass is 9.97. The largest absolute Gasteiger partial charge is 0.465 e. The van der Waals surface area contributed by atoms with Crippen molar-refractivity contribution >= 4 is 6.09 Å². The van der Waals surface area contributed by atoms with Crippen molar-refractivity contribution in [1.29, 1.82) is 0 Å². The predicted molar refractivity (Wildman–Crippen MR) is 89.3 cm³/mol. The standard InChI is InChI=1S/C18H22FN3O2/c1-18(2,3)22(17(23)24)14-7-8-21-11-15(20-16(21)10-14)12-5-4-6-13(19)9-12/h4-6,9,11,14H,7-8,10H2,1-3H3,(H,23,24). The molecule has 1 aliphatic heterocycles. The topological polar surface area (TPSA) is 58.4 Å². The monoisotopic (exact) mass is 331 g/mol. The molecular weight excluding hydrogens is 309 g/mol. The third kappa shape index (κ3) is 3.13. The van der Waals surface area contributed by atoms with E-state index in [1.54, 1.807) is 6.07 Å². The Hall–Kier alpha value is -2.37. The Bertz CT molecular complexity index is 764. The van der Waals surface area contributed by atoms with Crippen LogP contribution < -0.4 is 0 Å². The Morgan fingerprint density at radius 2 is 2.17 bits per heavy atom. The maximum Gasteiger partial charge on any atom is 0.407 e. The minimum Gasteiger partial charge on any atom is -0.465 e. The van der Waals surface area contributed by atoms with E-state index >= 15 is 0 Å². The van der Waals surface area contributed by atoms with Crippen LogP contribution in [0.25, 0.3) is 11.3 Å². The summed E-state index contributed by atoms with van der Waals surface area (Å²) in [6.07, 6.45) is 2.33. The van der Waals surface area contributed by atoms with Crippen molar-refractivity contribution in [1.82, 2.24) is 14.5 Å². The lowest BCUT2D eigenvalue weighted by Gasteiger charge is -2.41. The summed E-state index contributed by atoms with van der Waals surface area (Å²) < 4.78 is 15.5. The zero-order chi connectivity index (χ0) is 17.5. The van der Waals surface area contributed by atoms with Crippen molar-refractivity contribution in [3.05, 3.63) is 42.1 Å². The van der Waals surface area contributed by atoms with E-state index in [1.807, 2.05) is 37.6 Å². The molecule has 2 heterocycles. The van der Waals surface area contributed by atoms with E-state index < -0.39 is 11.6 Å². The van der Waals surface area contributed by atoms with Crippen LogP contribution in [0.1, 0.15) is 33.0 Å². The zero-order valence-corrected chi connectivity index (χ0v) is 14.2. The van der Waals surface area contributed by atoms with Crippen LogP contribution in [0.3, 0.4) is 0 Å². The van der Waals surface area contributed by atoms with E-state index in [-0.39, 0.29) is 11.9 Å². The highest BCUT2D eigenvalue weighted by Gasteiger charge is 2.35. The molecule has 128 valence electrons. The number of imidazole rings is 1. The van der Waals surface area contributed by atoms with Gasteiger partial charge >= 0.3 is 6.09 Å². The summed E-state index contributed by atoms with van der Waals surface area (Å²) in [6, 6.07) is 6.26. The van der Waals surface area contributed by atoms with Crippen LogP contribution in [0.4, 0.5) is 9.18 Å². The van der Waals surface area contributed by atoms with Gasteiger partial charge in [-0.15, -0.1) is 0 Å². The van der Waals surface area contributed by atoms with Crippen molar-refractivity contribution in [3.8, 4) is 11.3 Å². The number of carboxylic acid groups (broad SMARTS) is 1. The Labute approximate surface area is 140 Å². The number of fused-ring (bicyclic) bond motifs is 1. The fourth-order valence-electron chi connectivity index (χ4n) is 3.41. The number of benzene rings is 1. The molecule has 0 aliphatic carbocycles. The molecule has 5 nitrogen and oxygen atoms in total. The molecule has 1 aliphatic rings. The van der Waals surface area contributed by atoms with Gasteiger partial charge in [0.25, 0.3) is 0 Å². The summed E-state index contributed by atoms with van der Waals surface area (Å²) in [6.45, 7) is 6.42. The third-order valence-corrected chi connectivity index (χ3v) is 4.39.